The fraction of sp³-hybridized carbons (Fsp3) is 0.190. The third kappa shape index (κ3) is 4.78. The van der Waals surface area contributed by atoms with Crippen LogP contribution >= 0.6 is 23.2 Å². The van der Waals surface area contributed by atoms with E-state index in [4.69, 9.17) is 32.7 Å². The highest BCUT2D eigenvalue weighted by molar-refractivity contribution is 6.31. The van der Waals surface area contributed by atoms with Gasteiger partial charge in [-0.3, -0.25) is 4.79 Å². The van der Waals surface area contributed by atoms with Crippen molar-refractivity contribution in [3.05, 3.63) is 63.8 Å². The maximum atomic E-state index is 12.5. The average Bonchev–Trinajstić information content (AvgIpc) is 2.69. The molecule has 0 bridgehead atoms. The van der Waals surface area contributed by atoms with Crippen LogP contribution in [0.1, 0.15) is 22.8 Å². The first kappa shape index (κ1) is 20.9. The summed E-state index contributed by atoms with van der Waals surface area (Å²) < 4.78 is 10.5. The lowest BCUT2D eigenvalue weighted by Crippen LogP contribution is -2.30. The molecule has 3 rings (SSSR count). The van der Waals surface area contributed by atoms with Gasteiger partial charge in [0.15, 0.2) is 6.10 Å². The number of hydrogen-bond donors (Lipinski definition) is 1. The summed E-state index contributed by atoms with van der Waals surface area (Å²) in [5.41, 5.74) is 2.18. The zero-order valence-corrected chi connectivity index (χ0v) is 17.5. The highest BCUT2D eigenvalue weighted by atomic mass is 35.5. The molecular weight excluding hydrogens is 415 g/mol. The van der Waals surface area contributed by atoms with Gasteiger partial charge < -0.3 is 14.8 Å². The van der Waals surface area contributed by atoms with Crippen molar-refractivity contribution in [2.75, 3.05) is 12.4 Å². The highest BCUT2D eigenvalue weighted by Crippen LogP contribution is 2.31. The molecule has 1 amide bonds. The molecule has 1 heterocycles. The van der Waals surface area contributed by atoms with Crippen molar-refractivity contribution < 1.29 is 19.1 Å². The molecular formula is C21H18Cl2N2O4. The molecule has 8 heteroatoms. The van der Waals surface area contributed by atoms with Crippen LogP contribution in [0.3, 0.4) is 0 Å². The summed E-state index contributed by atoms with van der Waals surface area (Å²) in [6.45, 7) is 3.30. The number of fused-ring (bicyclic) bond motifs is 1. The third-order valence-corrected chi connectivity index (χ3v) is 4.90. The van der Waals surface area contributed by atoms with Crippen molar-refractivity contribution >= 4 is 51.7 Å². The van der Waals surface area contributed by atoms with E-state index in [-0.39, 0.29) is 0 Å². The summed E-state index contributed by atoms with van der Waals surface area (Å²) in [5, 5.41) is 4.32. The second-order valence-electron chi connectivity index (χ2n) is 6.38. The SMILES string of the molecule is COc1cc(Cl)c(C)cc1NC(=O)C(C)OC(=O)c1ccc2nc(Cl)ccc2c1. The monoisotopic (exact) mass is 432 g/mol. The van der Waals surface area contributed by atoms with Crippen LogP contribution in [0.15, 0.2) is 42.5 Å². The van der Waals surface area contributed by atoms with E-state index in [1.54, 1.807) is 42.5 Å². The Hall–Kier alpha value is -2.83. The number of methoxy groups -OCH3 is 1. The Balaban J connectivity index is 1.72. The summed E-state index contributed by atoms with van der Waals surface area (Å²) >= 11 is 11.9. The molecule has 0 aliphatic rings. The Bertz CT molecular complexity index is 1100. The standard InChI is InChI=1S/C21H18Cl2N2O4/c1-11-8-17(18(28-3)10-15(11)22)25-20(26)12(2)29-21(27)14-4-6-16-13(9-14)5-7-19(23)24-16/h4-10,12H,1-3H3,(H,25,26). The van der Waals surface area contributed by atoms with Crippen LogP contribution in [-0.2, 0) is 9.53 Å². The molecule has 150 valence electrons. The lowest BCUT2D eigenvalue weighted by atomic mass is 10.1. The van der Waals surface area contributed by atoms with Gasteiger partial charge in [-0.1, -0.05) is 23.2 Å². The van der Waals surface area contributed by atoms with Crippen LogP contribution in [0.4, 0.5) is 5.69 Å². The molecule has 1 atom stereocenters. The number of nitrogens with one attached hydrogen (secondary N) is 1. The van der Waals surface area contributed by atoms with E-state index in [0.29, 0.717) is 32.7 Å². The van der Waals surface area contributed by atoms with Crippen molar-refractivity contribution in [3.8, 4) is 5.75 Å². The van der Waals surface area contributed by atoms with E-state index in [0.717, 1.165) is 10.9 Å². The van der Waals surface area contributed by atoms with Crippen LogP contribution < -0.4 is 10.1 Å². The third-order valence-electron chi connectivity index (χ3n) is 4.28. The van der Waals surface area contributed by atoms with Gasteiger partial charge >= 0.3 is 5.97 Å². The number of aryl methyl sites for hydroxylation is 1. The number of pyridine rings is 1. The van der Waals surface area contributed by atoms with Crippen LogP contribution in [-0.4, -0.2) is 30.1 Å². The number of esters is 1. The fourth-order valence-corrected chi connectivity index (χ4v) is 2.98. The first-order valence-electron chi connectivity index (χ1n) is 8.71. The molecule has 1 N–H and O–H groups in total. The van der Waals surface area contributed by atoms with Gasteiger partial charge in [-0.15, -0.1) is 0 Å². The van der Waals surface area contributed by atoms with Crippen LogP contribution in [0, 0.1) is 6.92 Å². The molecule has 0 fully saturated rings. The lowest BCUT2D eigenvalue weighted by Gasteiger charge is -2.16. The van der Waals surface area contributed by atoms with Crippen molar-refractivity contribution in [1.29, 1.82) is 0 Å². The summed E-state index contributed by atoms with van der Waals surface area (Å²) in [7, 11) is 1.47. The Labute approximate surface area is 177 Å². The molecule has 0 saturated heterocycles. The van der Waals surface area contributed by atoms with E-state index in [1.807, 2.05) is 6.92 Å². The van der Waals surface area contributed by atoms with Gasteiger partial charge in [-0.05, 0) is 55.8 Å². The minimum atomic E-state index is -1.03. The first-order valence-corrected chi connectivity index (χ1v) is 9.46. The zero-order chi connectivity index (χ0) is 21.1. The minimum Gasteiger partial charge on any atom is -0.495 e. The fourth-order valence-electron chi connectivity index (χ4n) is 2.67. The molecule has 3 aromatic rings. The molecule has 2 aromatic carbocycles. The van der Waals surface area contributed by atoms with Gasteiger partial charge in [0, 0.05) is 16.5 Å². The van der Waals surface area contributed by atoms with Crippen LogP contribution in [0.2, 0.25) is 10.2 Å². The Morgan fingerprint density at radius 2 is 1.86 bits per heavy atom. The molecule has 0 radical (unpaired) electrons. The number of anilines is 1. The van der Waals surface area contributed by atoms with Crippen LogP contribution in [0.25, 0.3) is 10.9 Å². The van der Waals surface area contributed by atoms with Crippen molar-refractivity contribution in [2.24, 2.45) is 0 Å². The molecule has 0 aliphatic heterocycles. The quantitative estimate of drug-likeness (QED) is 0.451. The highest BCUT2D eigenvalue weighted by Gasteiger charge is 2.21. The van der Waals surface area contributed by atoms with E-state index < -0.39 is 18.0 Å². The largest absolute Gasteiger partial charge is 0.495 e. The average molecular weight is 433 g/mol. The van der Waals surface area contributed by atoms with Gasteiger partial charge in [0.2, 0.25) is 0 Å². The second-order valence-corrected chi connectivity index (χ2v) is 7.17. The summed E-state index contributed by atoms with van der Waals surface area (Å²) in [6, 6.07) is 11.6. The number of carbonyl (C=O) groups is 2. The number of carbonyl (C=O) groups excluding carboxylic acids is 2. The van der Waals surface area contributed by atoms with Crippen molar-refractivity contribution in [3.63, 3.8) is 0 Å². The van der Waals surface area contributed by atoms with Gasteiger partial charge in [0.05, 0.1) is 23.9 Å². The molecule has 1 unspecified atom stereocenters. The van der Waals surface area contributed by atoms with E-state index in [9.17, 15) is 9.59 Å². The van der Waals surface area contributed by atoms with E-state index >= 15 is 0 Å². The zero-order valence-electron chi connectivity index (χ0n) is 16.0. The van der Waals surface area contributed by atoms with Crippen molar-refractivity contribution in [1.82, 2.24) is 4.98 Å². The molecule has 0 spiro atoms. The number of nitrogens with zero attached hydrogens (tertiary/aromatic N) is 1. The predicted molar refractivity (Wildman–Crippen MR) is 113 cm³/mol. The Morgan fingerprint density at radius 3 is 2.59 bits per heavy atom. The Morgan fingerprint density at radius 1 is 1.10 bits per heavy atom. The number of rotatable bonds is 5. The van der Waals surface area contributed by atoms with Gasteiger partial charge in [0.25, 0.3) is 5.91 Å². The maximum Gasteiger partial charge on any atom is 0.338 e. The number of halogens is 2. The summed E-state index contributed by atoms with van der Waals surface area (Å²) in [4.78, 5) is 29.1. The van der Waals surface area contributed by atoms with Gasteiger partial charge in [-0.25, -0.2) is 9.78 Å². The molecule has 1 aromatic heterocycles. The number of benzene rings is 2. The first-order chi connectivity index (χ1) is 13.8. The summed E-state index contributed by atoms with van der Waals surface area (Å²) in [6.07, 6.45) is -1.03. The molecule has 0 saturated carbocycles. The van der Waals surface area contributed by atoms with E-state index in [1.165, 1.54) is 14.0 Å². The smallest absolute Gasteiger partial charge is 0.338 e. The Kier molecular flexibility index (Phi) is 6.25. The predicted octanol–water partition coefficient (Wildman–Crippen LogP) is 5.04. The minimum absolute atomic E-state index is 0.307. The van der Waals surface area contributed by atoms with Crippen molar-refractivity contribution in [2.45, 2.75) is 20.0 Å². The second kappa shape index (κ2) is 8.68. The summed E-state index contributed by atoms with van der Waals surface area (Å²) in [5.74, 6) is -0.704. The van der Waals surface area contributed by atoms with Gasteiger partial charge in [0.1, 0.15) is 10.9 Å². The van der Waals surface area contributed by atoms with Crippen LogP contribution in [0.5, 0.6) is 5.75 Å². The molecule has 6 nitrogen and oxygen atoms in total. The normalized spacial score (nSPS) is 11.8. The maximum absolute atomic E-state index is 12.5. The number of ether oxygens (including phenoxy) is 2. The van der Waals surface area contributed by atoms with E-state index in [2.05, 4.69) is 10.3 Å². The lowest BCUT2D eigenvalue weighted by molar-refractivity contribution is -0.123. The molecule has 29 heavy (non-hydrogen) atoms. The number of aromatic nitrogens is 1. The molecule has 0 aliphatic carbocycles. The topological polar surface area (TPSA) is 77.5 Å². The van der Waals surface area contributed by atoms with Gasteiger partial charge in [-0.2, -0.15) is 0 Å². The number of amides is 1. The number of hydrogen-bond acceptors (Lipinski definition) is 5.